The first-order valence-corrected chi connectivity index (χ1v) is 9.33. The number of methoxy groups -OCH3 is 1. The van der Waals surface area contributed by atoms with E-state index in [1.165, 1.54) is 12.1 Å². The Labute approximate surface area is 148 Å². The number of rotatable bonds is 7. The average molecular weight is 362 g/mol. The molecule has 1 amide bonds. The van der Waals surface area contributed by atoms with E-state index in [2.05, 4.69) is 0 Å². The summed E-state index contributed by atoms with van der Waals surface area (Å²) in [5.74, 6) is 0.752. The number of primary sulfonamides is 1. The molecule has 2 aromatic rings. The lowest BCUT2D eigenvalue weighted by Gasteiger charge is -2.19. The zero-order chi connectivity index (χ0) is 18.4. The number of sulfonamides is 1. The Balaban J connectivity index is 1.93. The van der Waals surface area contributed by atoms with Crippen LogP contribution in [-0.2, 0) is 27.8 Å². The smallest absolute Gasteiger partial charge is 0.238 e. The molecule has 0 aromatic heterocycles. The predicted molar refractivity (Wildman–Crippen MR) is 95.6 cm³/mol. The molecule has 6 nitrogen and oxygen atoms in total. The van der Waals surface area contributed by atoms with Gasteiger partial charge in [0.05, 0.1) is 12.0 Å². The van der Waals surface area contributed by atoms with Gasteiger partial charge in [0.25, 0.3) is 0 Å². The second-order valence-corrected chi connectivity index (χ2v) is 7.31. The minimum atomic E-state index is -3.69. The lowest BCUT2D eigenvalue weighted by atomic mass is 10.1. The molecular weight excluding hydrogens is 340 g/mol. The number of nitrogens with zero attached hydrogens (tertiary/aromatic N) is 1. The highest BCUT2D eigenvalue weighted by atomic mass is 32.2. The quantitative estimate of drug-likeness (QED) is 0.815. The van der Waals surface area contributed by atoms with Gasteiger partial charge in [0.15, 0.2) is 0 Å². The molecule has 0 unspecified atom stereocenters. The van der Waals surface area contributed by atoms with Gasteiger partial charge in [0.2, 0.25) is 15.9 Å². The molecule has 0 bridgehead atoms. The van der Waals surface area contributed by atoms with Crippen molar-refractivity contribution in [3.8, 4) is 5.75 Å². The number of benzene rings is 2. The van der Waals surface area contributed by atoms with Crippen LogP contribution in [0.5, 0.6) is 5.75 Å². The summed E-state index contributed by atoms with van der Waals surface area (Å²) in [7, 11) is -0.341. The molecule has 0 aliphatic carbocycles. The average Bonchev–Trinajstić information content (AvgIpc) is 2.59. The molecule has 0 saturated carbocycles. The summed E-state index contributed by atoms with van der Waals surface area (Å²) in [4.78, 5) is 14.0. The van der Waals surface area contributed by atoms with Gasteiger partial charge in [-0.3, -0.25) is 4.79 Å². The third kappa shape index (κ3) is 5.30. The summed E-state index contributed by atoms with van der Waals surface area (Å²) < 4.78 is 27.8. The van der Waals surface area contributed by atoms with Gasteiger partial charge in [-0.05, 0) is 30.2 Å². The minimum absolute atomic E-state index is 0.00132. The maximum atomic E-state index is 12.3. The van der Waals surface area contributed by atoms with Gasteiger partial charge in [0.1, 0.15) is 5.75 Å². The van der Waals surface area contributed by atoms with Crippen LogP contribution < -0.4 is 9.88 Å². The first-order valence-electron chi connectivity index (χ1n) is 7.79. The summed E-state index contributed by atoms with van der Waals surface area (Å²) in [5.41, 5.74) is 1.82. The van der Waals surface area contributed by atoms with E-state index in [1.54, 1.807) is 31.2 Å². The van der Waals surface area contributed by atoms with Crippen LogP contribution in [0.2, 0.25) is 0 Å². The highest BCUT2D eigenvalue weighted by Crippen LogP contribution is 2.19. The van der Waals surface area contributed by atoms with E-state index in [4.69, 9.17) is 9.88 Å². The minimum Gasteiger partial charge on any atom is -0.496 e. The Morgan fingerprint density at radius 2 is 1.76 bits per heavy atom. The molecule has 134 valence electrons. The molecule has 2 rings (SSSR count). The maximum absolute atomic E-state index is 12.3. The summed E-state index contributed by atoms with van der Waals surface area (Å²) in [6.07, 6.45) is 0.861. The van der Waals surface area contributed by atoms with Crippen LogP contribution in [0.3, 0.4) is 0 Å². The molecule has 0 aliphatic rings. The molecule has 0 saturated heterocycles. The van der Waals surface area contributed by atoms with Gasteiger partial charge in [-0.15, -0.1) is 0 Å². The Morgan fingerprint density at radius 3 is 2.36 bits per heavy atom. The molecule has 0 radical (unpaired) electrons. The summed E-state index contributed by atoms with van der Waals surface area (Å²) in [6.45, 7) is 0.465. The van der Waals surface area contributed by atoms with Crippen molar-refractivity contribution in [1.29, 1.82) is 0 Å². The molecule has 2 aromatic carbocycles. The number of amides is 1. The Hall–Kier alpha value is -2.38. The molecule has 0 heterocycles. The van der Waals surface area contributed by atoms with Gasteiger partial charge >= 0.3 is 0 Å². The fraction of sp³-hybridized carbons (Fsp3) is 0.278. The highest BCUT2D eigenvalue weighted by molar-refractivity contribution is 7.89. The van der Waals surface area contributed by atoms with Crippen LogP contribution in [0.4, 0.5) is 0 Å². The third-order valence-electron chi connectivity index (χ3n) is 3.91. The van der Waals surface area contributed by atoms with Crippen LogP contribution in [0.1, 0.15) is 17.5 Å². The van der Waals surface area contributed by atoms with E-state index in [0.29, 0.717) is 19.4 Å². The number of carbonyl (C=O) groups is 1. The van der Waals surface area contributed by atoms with Crippen molar-refractivity contribution in [1.82, 2.24) is 4.90 Å². The Kier molecular flexibility index (Phi) is 6.17. The first kappa shape index (κ1) is 19.0. The molecule has 0 spiro atoms. The number of aryl methyl sites for hydroxylation is 1. The monoisotopic (exact) mass is 362 g/mol. The predicted octanol–water partition coefficient (Wildman–Crippen LogP) is 1.93. The lowest BCUT2D eigenvalue weighted by molar-refractivity contribution is -0.130. The number of para-hydroxylation sites is 1. The summed E-state index contributed by atoms with van der Waals surface area (Å²) in [5, 5.41) is 5.07. The van der Waals surface area contributed by atoms with Crippen molar-refractivity contribution >= 4 is 15.9 Å². The largest absolute Gasteiger partial charge is 0.496 e. The highest BCUT2D eigenvalue weighted by Gasteiger charge is 2.12. The number of hydrogen-bond acceptors (Lipinski definition) is 4. The lowest BCUT2D eigenvalue weighted by Crippen LogP contribution is -2.26. The van der Waals surface area contributed by atoms with Crippen molar-refractivity contribution in [2.24, 2.45) is 5.14 Å². The summed E-state index contributed by atoms with van der Waals surface area (Å²) >= 11 is 0. The SMILES string of the molecule is COc1ccccc1CN(C)C(=O)CCc1ccc(S(N)(=O)=O)cc1. The van der Waals surface area contributed by atoms with E-state index >= 15 is 0 Å². The molecule has 25 heavy (non-hydrogen) atoms. The van der Waals surface area contributed by atoms with E-state index in [9.17, 15) is 13.2 Å². The number of hydrogen-bond donors (Lipinski definition) is 1. The Bertz CT molecular complexity index is 832. The zero-order valence-electron chi connectivity index (χ0n) is 14.3. The third-order valence-corrected chi connectivity index (χ3v) is 4.83. The van der Waals surface area contributed by atoms with Crippen LogP contribution in [-0.4, -0.2) is 33.4 Å². The van der Waals surface area contributed by atoms with Crippen molar-refractivity contribution in [3.63, 3.8) is 0 Å². The van der Waals surface area contributed by atoms with Crippen LogP contribution in [0, 0.1) is 0 Å². The van der Waals surface area contributed by atoms with Gasteiger partial charge in [-0.1, -0.05) is 30.3 Å². The molecule has 7 heteroatoms. The van der Waals surface area contributed by atoms with Gasteiger partial charge in [-0.25, -0.2) is 13.6 Å². The topological polar surface area (TPSA) is 89.7 Å². The molecule has 0 fully saturated rings. The first-order chi connectivity index (χ1) is 11.8. The molecule has 0 atom stereocenters. The second kappa shape index (κ2) is 8.13. The van der Waals surface area contributed by atoms with E-state index in [-0.39, 0.29) is 10.8 Å². The van der Waals surface area contributed by atoms with Gasteiger partial charge in [0, 0.05) is 25.6 Å². The van der Waals surface area contributed by atoms with Crippen LogP contribution in [0.15, 0.2) is 53.4 Å². The second-order valence-electron chi connectivity index (χ2n) is 5.75. The van der Waals surface area contributed by atoms with Crippen molar-refractivity contribution < 1.29 is 17.9 Å². The number of nitrogens with two attached hydrogens (primary N) is 1. The summed E-state index contributed by atoms with van der Waals surface area (Å²) in [6, 6.07) is 13.8. The van der Waals surface area contributed by atoms with Crippen LogP contribution in [0.25, 0.3) is 0 Å². The van der Waals surface area contributed by atoms with Gasteiger partial charge in [-0.2, -0.15) is 0 Å². The number of carbonyl (C=O) groups excluding carboxylic acids is 1. The van der Waals surface area contributed by atoms with Crippen molar-refractivity contribution in [2.45, 2.75) is 24.3 Å². The fourth-order valence-electron chi connectivity index (χ4n) is 2.47. The van der Waals surface area contributed by atoms with Crippen molar-refractivity contribution in [2.75, 3.05) is 14.2 Å². The Morgan fingerprint density at radius 1 is 1.12 bits per heavy atom. The molecule has 0 aliphatic heterocycles. The standard InChI is InChI=1S/C18H22N2O4S/c1-20(13-15-5-3-4-6-17(15)24-2)18(21)12-9-14-7-10-16(11-8-14)25(19,22)23/h3-8,10-11H,9,12-13H2,1-2H3,(H2,19,22,23). The van der Waals surface area contributed by atoms with E-state index in [0.717, 1.165) is 16.9 Å². The normalized spacial score (nSPS) is 11.2. The fourth-order valence-corrected chi connectivity index (χ4v) is 2.98. The van der Waals surface area contributed by atoms with Crippen LogP contribution >= 0.6 is 0 Å². The van der Waals surface area contributed by atoms with E-state index in [1.807, 2.05) is 24.3 Å². The van der Waals surface area contributed by atoms with E-state index < -0.39 is 10.0 Å². The molecular formula is C18H22N2O4S. The zero-order valence-corrected chi connectivity index (χ0v) is 15.1. The maximum Gasteiger partial charge on any atom is 0.238 e. The van der Waals surface area contributed by atoms with Crippen molar-refractivity contribution in [3.05, 3.63) is 59.7 Å². The molecule has 2 N–H and O–H groups in total. The number of ether oxygens (including phenoxy) is 1. The van der Waals surface area contributed by atoms with Gasteiger partial charge < -0.3 is 9.64 Å².